The molecule has 0 aromatic carbocycles. The second kappa shape index (κ2) is 3.01. The average molecular weight is 222 g/mol. The smallest absolute Gasteiger partial charge is 0.373 e. The first kappa shape index (κ1) is 11.6. The number of ether oxygens (including phenoxy) is 1. The van der Waals surface area contributed by atoms with Gasteiger partial charge in [0.25, 0.3) is 11.6 Å². The van der Waals surface area contributed by atoms with Crippen LogP contribution in [0.25, 0.3) is 0 Å². The predicted octanol–water partition coefficient (Wildman–Crippen LogP) is 2.70. The Morgan fingerprint density at radius 1 is 1.14 bits per heavy atom. The van der Waals surface area contributed by atoms with Crippen LogP contribution in [0, 0.1) is 0 Å². The van der Waals surface area contributed by atoms with Gasteiger partial charge in [0, 0.05) is 6.42 Å². The van der Waals surface area contributed by atoms with Gasteiger partial charge in [-0.2, -0.15) is 13.2 Å². The minimum atomic E-state index is -5.58. The summed E-state index contributed by atoms with van der Waals surface area (Å²) >= 11 is 0. The van der Waals surface area contributed by atoms with E-state index in [0.29, 0.717) is 0 Å². The molecule has 1 aliphatic heterocycles. The summed E-state index contributed by atoms with van der Waals surface area (Å²) in [4.78, 5) is 0. The van der Waals surface area contributed by atoms with Crippen LogP contribution in [0.4, 0.5) is 26.3 Å². The molecule has 0 radical (unpaired) electrons. The van der Waals surface area contributed by atoms with E-state index < -0.39 is 30.3 Å². The molecular weight excluding hydrogens is 214 g/mol. The van der Waals surface area contributed by atoms with E-state index >= 15 is 0 Å². The maximum atomic E-state index is 12.8. The van der Waals surface area contributed by atoms with Gasteiger partial charge in [0.2, 0.25) is 0 Å². The van der Waals surface area contributed by atoms with Crippen LogP contribution in [0.15, 0.2) is 0 Å². The van der Waals surface area contributed by atoms with E-state index in [1.807, 2.05) is 0 Å². The van der Waals surface area contributed by atoms with E-state index in [9.17, 15) is 26.3 Å². The fourth-order valence-corrected chi connectivity index (χ4v) is 0.871. The van der Waals surface area contributed by atoms with Crippen molar-refractivity contribution in [3.05, 3.63) is 0 Å². The summed E-state index contributed by atoms with van der Waals surface area (Å²) in [5, 5.41) is 0. The third-order valence-corrected chi connectivity index (χ3v) is 2.11. The zero-order valence-corrected chi connectivity index (χ0v) is 7.17. The van der Waals surface area contributed by atoms with Gasteiger partial charge in [-0.3, -0.25) is 0 Å². The molecule has 0 amide bonds. The molecule has 0 aromatic rings. The van der Waals surface area contributed by atoms with E-state index in [-0.39, 0.29) is 13.5 Å². The SMILES string of the molecule is CC(F)(C(F)(F)F)C(F)(F)CC1CO1. The van der Waals surface area contributed by atoms with Crippen LogP contribution in [-0.4, -0.2) is 30.5 Å². The number of hydrogen-bond acceptors (Lipinski definition) is 1. The van der Waals surface area contributed by atoms with Gasteiger partial charge in [-0.1, -0.05) is 0 Å². The van der Waals surface area contributed by atoms with Gasteiger partial charge in [-0.25, -0.2) is 13.2 Å². The molecular formula is C7H8F6O. The van der Waals surface area contributed by atoms with Gasteiger partial charge < -0.3 is 4.74 Å². The molecule has 14 heavy (non-hydrogen) atoms. The third-order valence-electron chi connectivity index (χ3n) is 2.11. The summed E-state index contributed by atoms with van der Waals surface area (Å²) in [7, 11) is 0. The molecule has 0 saturated carbocycles. The van der Waals surface area contributed by atoms with Crippen LogP contribution < -0.4 is 0 Å². The number of halogens is 6. The van der Waals surface area contributed by atoms with Crippen LogP contribution in [0.3, 0.4) is 0 Å². The molecule has 1 heterocycles. The maximum absolute atomic E-state index is 12.8. The van der Waals surface area contributed by atoms with Crippen molar-refractivity contribution in [3.63, 3.8) is 0 Å². The zero-order valence-electron chi connectivity index (χ0n) is 7.17. The molecule has 1 rings (SSSR count). The molecule has 0 N–H and O–H groups in total. The average Bonchev–Trinajstić information content (AvgIpc) is 2.67. The van der Waals surface area contributed by atoms with Crippen molar-refractivity contribution in [1.82, 2.24) is 0 Å². The van der Waals surface area contributed by atoms with Crippen LogP contribution in [-0.2, 0) is 4.74 Å². The molecule has 0 spiro atoms. The number of epoxide rings is 1. The van der Waals surface area contributed by atoms with E-state index in [1.54, 1.807) is 0 Å². The fourth-order valence-electron chi connectivity index (χ4n) is 0.871. The minimum absolute atomic E-state index is 0.0382. The number of rotatable bonds is 3. The van der Waals surface area contributed by atoms with Crippen molar-refractivity contribution in [1.29, 1.82) is 0 Å². The Balaban J connectivity index is 2.76. The van der Waals surface area contributed by atoms with Crippen molar-refractivity contribution in [2.75, 3.05) is 6.61 Å². The lowest BCUT2D eigenvalue weighted by Gasteiger charge is -2.31. The highest BCUT2D eigenvalue weighted by Gasteiger charge is 2.68. The second-order valence-electron chi connectivity index (χ2n) is 3.36. The highest BCUT2D eigenvalue weighted by Crippen LogP contribution is 2.48. The topological polar surface area (TPSA) is 12.5 Å². The summed E-state index contributed by atoms with van der Waals surface area (Å²) in [5.41, 5.74) is -4.51. The molecule has 1 aliphatic rings. The minimum Gasteiger partial charge on any atom is -0.373 e. The lowest BCUT2D eigenvalue weighted by molar-refractivity contribution is -0.296. The van der Waals surface area contributed by atoms with Crippen LogP contribution in [0.1, 0.15) is 13.3 Å². The molecule has 1 saturated heterocycles. The van der Waals surface area contributed by atoms with Crippen molar-refractivity contribution >= 4 is 0 Å². The van der Waals surface area contributed by atoms with E-state index in [0.717, 1.165) is 0 Å². The largest absolute Gasteiger partial charge is 0.428 e. The summed E-state index contributed by atoms with van der Waals surface area (Å²) in [6.07, 6.45) is -7.77. The van der Waals surface area contributed by atoms with Crippen LogP contribution in [0.2, 0.25) is 0 Å². The first-order valence-electron chi connectivity index (χ1n) is 3.83. The molecule has 7 heteroatoms. The van der Waals surface area contributed by atoms with Crippen LogP contribution in [0.5, 0.6) is 0 Å². The van der Waals surface area contributed by atoms with Crippen molar-refractivity contribution < 1.29 is 31.1 Å². The highest BCUT2D eigenvalue weighted by molar-refractivity contribution is 4.98. The Labute approximate surface area is 76.0 Å². The third kappa shape index (κ3) is 1.97. The Hall–Kier alpha value is -0.460. The van der Waals surface area contributed by atoms with E-state index in [2.05, 4.69) is 4.74 Å². The van der Waals surface area contributed by atoms with Gasteiger partial charge in [0.1, 0.15) is 0 Å². The summed E-state index contributed by atoms with van der Waals surface area (Å²) in [5.74, 6) is -4.45. The molecule has 1 nitrogen and oxygen atoms in total. The molecule has 2 atom stereocenters. The number of alkyl halides is 6. The highest BCUT2D eigenvalue weighted by atomic mass is 19.4. The summed E-state index contributed by atoms with van der Waals surface area (Å²) in [6.45, 7) is -0.196. The number of hydrogen-bond donors (Lipinski definition) is 0. The van der Waals surface area contributed by atoms with Gasteiger partial charge >= 0.3 is 6.18 Å². The standard InChI is InChI=1S/C7H8F6O/c1-5(8,7(11,12)13)6(9,10)2-4-3-14-4/h4H,2-3H2,1H3. The Bertz CT molecular complexity index is 217. The van der Waals surface area contributed by atoms with Gasteiger partial charge in [0.05, 0.1) is 12.7 Å². The quantitative estimate of drug-likeness (QED) is 0.528. The lowest BCUT2D eigenvalue weighted by atomic mass is 9.95. The predicted molar refractivity (Wildman–Crippen MR) is 34.9 cm³/mol. The van der Waals surface area contributed by atoms with E-state index in [1.165, 1.54) is 0 Å². The van der Waals surface area contributed by atoms with E-state index in [4.69, 9.17) is 0 Å². The van der Waals surface area contributed by atoms with Gasteiger partial charge in [-0.15, -0.1) is 0 Å². The summed E-state index contributed by atoms with van der Waals surface area (Å²) < 4.78 is 78.5. The Kier molecular flexibility index (Phi) is 2.50. The summed E-state index contributed by atoms with van der Waals surface area (Å²) in [6, 6.07) is 0. The maximum Gasteiger partial charge on any atom is 0.428 e. The Morgan fingerprint density at radius 3 is 1.86 bits per heavy atom. The lowest BCUT2D eigenvalue weighted by Crippen LogP contribution is -2.53. The molecule has 0 bridgehead atoms. The second-order valence-corrected chi connectivity index (χ2v) is 3.36. The van der Waals surface area contributed by atoms with Crippen molar-refractivity contribution in [2.24, 2.45) is 0 Å². The zero-order chi connectivity index (χ0) is 11.2. The first-order valence-corrected chi connectivity index (χ1v) is 3.83. The molecule has 84 valence electrons. The monoisotopic (exact) mass is 222 g/mol. The molecule has 2 unspecified atom stereocenters. The normalized spacial score (nSPS) is 27.2. The molecule has 0 aliphatic carbocycles. The van der Waals surface area contributed by atoms with Crippen molar-refractivity contribution in [3.8, 4) is 0 Å². The first-order chi connectivity index (χ1) is 6.08. The molecule has 1 fully saturated rings. The Morgan fingerprint density at radius 2 is 1.57 bits per heavy atom. The van der Waals surface area contributed by atoms with Crippen LogP contribution >= 0.6 is 0 Å². The van der Waals surface area contributed by atoms with Crippen molar-refractivity contribution in [2.45, 2.75) is 37.2 Å². The van der Waals surface area contributed by atoms with Gasteiger partial charge in [0.15, 0.2) is 0 Å². The fraction of sp³-hybridized carbons (Fsp3) is 1.00. The van der Waals surface area contributed by atoms with Gasteiger partial charge in [-0.05, 0) is 6.92 Å². The molecule has 0 aromatic heterocycles.